The van der Waals surface area contributed by atoms with Crippen LogP contribution in [0, 0.1) is 0 Å². The van der Waals surface area contributed by atoms with E-state index in [1.807, 2.05) is 18.2 Å². The van der Waals surface area contributed by atoms with Crippen molar-refractivity contribution in [3.8, 4) is 0 Å². The van der Waals surface area contributed by atoms with E-state index in [0.717, 1.165) is 5.56 Å². The van der Waals surface area contributed by atoms with Crippen LogP contribution < -0.4 is 0 Å². The molecule has 18 heavy (non-hydrogen) atoms. The summed E-state index contributed by atoms with van der Waals surface area (Å²) in [4.78, 5) is 0. The first-order valence-corrected chi connectivity index (χ1v) is 6.21. The molecule has 1 saturated heterocycles. The minimum Gasteiger partial charge on any atom is -0.394 e. The largest absolute Gasteiger partial charge is 0.394 e. The van der Waals surface area contributed by atoms with Crippen molar-refractivity contribution in [3.63, 3.8) is 0 Å². The zero-order valence-electron chi connectivity index (χ0n) is 9.99. The molecule has 0 amide bonds. The van der Waals surface area contributed by atoms with Gasteiger partial charge in [0.15, 0.2) is 0 Å². The van der Waals surface area contributed by atoms with Gasteiger partial charge in [0.25, 0.3) is 0 Å². The Hall–Kier alpha value is -1.42. The predicted octanol–water partition coefficient (Wildman–Crippen LogP) is 2.02. The van der Waals surface area contributed by atoms with E-state index in [9.17, 15) is 5.11 Å². The van der Waals surface area contributed by atoms with Gasteiger partial charge in [0.2, 0.25) is 0 Å². The highest BCUT2D eigenvalue weighted by molar-refractivity contribution is 5.83. The smallest absolute Gasteiger partial charge is 0.107 e. The molecule has 0 bridgehead atoms. The third-order valence-electron chi connectivity index (χ3n) is 3.55. The second-order valence-corrected chi connectivity index (χ2v) is 4.76. The molecule has 1 heterocycles. The quantitative estimate of drug-likeness (QED) is 0.849. The summed E-state index contributed by atoms with van der Waals surface area (Å²) in [5.41, 5.74) is 1.06. The zero-order chi connectivity index (χ0) is 12.5. The first-order valence-electron chi connectivity index (χ1n) is 6.21. The lowest BCUT2D eigenvalue weighted by Gasteiger charge is -2.13. The van der Waals surface area contributed by atoms with Crippen molar-refractivity contribution >= 4 is 10.8 Å². The number of hydrogen-bond donors (Lipinski definition) is 2. The van der Waals surface area contributed by atoms with Crippen LogP contribution in [0.2, 0.25) is 0 Å². The second-order valence-electron chi connectivity index (χ2n) is 4.76. The minimum absolute atomic E-state index is 0.123. The lowest BCUT2D eigenvalue weighted by atomic mass is 10.0. The van der Waals surface area contributed by atoms with Gasteiger partial charge in [-0.25, -0.2) is 0 Å². The number of fused-ring (bicyclic) bond motifs is 1. The molecule has 1 unspecified atom stereocenters. The van der Waals surface area contributed by atoms with Crippen LogP contribution in [0.5, 0.6) is 0 Å². The lowest BCUT2D eigenvalue weighted by Crippen LogP contribution is -2.24. The van der Waals surface area contributed by atoms with Crippen LogP contribution in [0.4, 0.5) is 0 Å². The minimum atomic E-state index is -0.577. The van der Waals surface area contributed by atoms with E-state index in [0.29, 0.717) is 6.42 Å². The molecule has 2 aromatic carbocycles. The Morgan fingerprint density at radius 1 is 1.11 bits per heavy atom. The Morgan fingerprint density at radius 3 is 2.61 bits per heavy atom. The summed E-state index contributed by atoms with van der Waals surface area (Å²) in [6.45, 7) is -0.134. The molecule has 0 spiro atoms. The van der Waals surface area contributed by atoms with Crippen LogP contribution in [0.3, 0.4) is 0 Å². The maximum absolute atomic E-state index is 9.75. The number of rotatable bonds is 2. The van der Waals surface area contributed by atoms with Gasteiger partial charge >= 0.3 is 0 Å². The molecule has 3 heteroatoms. The predicted molar refractivity (Wildman–Crippen MR) is 69.3 cm³/mol. The van der Waals surface area contributed by atoms with Crippen LogP contribution in [-0.2, 0) is 4.74 Å². The fourth-order valence-electron chi connectivity index (χ4n) is 2.52. The molecule has 94 valence electrons. The van der Waals surface area contributed by atoms with Gasteiger partial charge < -0.3 is 14.9 Å². The SMILES string of the molecule is OC[C@H]1O[C@H](c2ccc3ccccc3c2)CC1O. The maximum Gasteiger partial charge on any atom is 0.107 e. The van der Waals surface area contributed by atoms with Gasteiger partial charge in [0, 0.05) is 6.42 Å². The van der Waals surface area contributed by atoms with E-state index < -0.39 is 12.2 Å². The molecule has 2 N–H and O–H groups in total. The number of benzene rings is 2. The van der Waals surface area contributed by atoms with E-state index in [1.165, 1.54) is 10.8 Å². The lowest BCUT2D eigenvalue weighted by molar-refractivity contribution is -0.0225. The molecular formula is C15H16O3. The van der Waals surface area contributed by atoms with Crippen molar-refractivity contribution in [3.05, 3.63) is 48.0 Å². The van der Waals surface area contributed by atoms with Gasteiger partial charge in [-0.3, -0.25) is 0 Å². The molecular weight excluding hydrogens is 228 g/mol. The Kier molecular flexibility index (Phi) is 3.04. The zero-order valence-corrected chi connectivity index (χ0v) is 9.99. The van der Waals surface area contributed by atoms with Gasteiger partial charge in [-0.15, -0.1) is 0 Å². The molecule has 0 aliphatic carbocycles. The molecule has 0 radical (unpaired) electrons. The van der Waals surface area contributed by atoms with E-state index in [1.54, 1.807) is 0 Å². The Balaban J connectivity index is 1.91. The van der Waals surface area contributed by atoms with E-state index >= 15 is 0 Å². The maximum atomic E-state index is 9.75. The van der Waals surface area contributed by atoms with Crippen molar-refractivity contribution < 1.29 is 14.9 Å². The summed E-state index contributed by atoms with van der Waals surface area (Å²) in [5.74, 6) is 0. The fraction of sp³-hybridized carbons (Fsp3) is 0.333. The Morgan fingerprint density at radius 2 is 1.89 bits per heavy atom. The average molecular weight is 244 g/mol. The summed E-state index contributed by atoms with van der Waals surface area (Å²) in [6, 6.07) is 14.3. The van der Waals surface area contributed by atoms with Crippen molar-refractivity contribution in [1.82, 2.24) is 0 Å². The Labute approximate surface area is 106 Å². The van der Waals surface area contributed by atoms with Gasteiger partial charge in [0.1, 0.15) is 6.10 Å². The first kappa shape index (κ1) is 11.7. The number of aliphatic hydroxyl groups is 2. The van der Waals surface area contributed by atoms with Crippen molar-refractivity contribution in [1.29, 1.82) is 0 Å². The number of ether oxygens (including phenoxy) is 1. The van der Waals surface area contributed by atoms with Crippen LogP contribution in [0.25, 0.3) is 10.8 Å². The van der Waals surface area contributed by atoms with Gasteiger partial charge in [-0.2, -0.15) is 0 Å². The number of hydrogen-bond acceptors (Lipinski definition) is 3. The first-order chi connectivity index (χ1) is 8.78. The van der Waals surface area contributed by atoms with Crippen LogP contribution in [0.1, 0.15) is 18.1 Å². The fourth-order valence-corrected chi connectivity index (χ4v) is 2.52. The monoisotopic (exact) mass is 244 g/mol. The molecule has 0 saturated carbocycles. The standard InChI is InChI=1S/C15H16O3/c16-9-15-13(17)8-14(18-15)12-6-5-10-3-1-2-4-11(10)7-12/h1-7,13-17H,8-9H2/t13?,14-,15+/m0/s1. The molecule has 3 rings (SSSR count). The van der Waals surface area contributed by atoms with Crippen molar-refractivity contribution in [2.45, 2.75) is 24.7 Å². The highest BCUT2D eigenvalue weighted by atomic mass is 16.5. The second kappa shape index (κ2) is 4.69. The topological polar surface area (TPSA) is 49.7 Å². The molecule has 3 atom stereocenters. The van der Waals surface area contributed by atoms with Gasteiger partial charge in [-0.05, 0) is 22.4 Å². The number of aliphatic hydroxyl groups excluding tert-OH is 2. The van der Waals surface area contributed by atoms with Gasteiger partial charge in [-0.1, -0.05) is 36.4 Å². The molecule has 3 nitrogen and oxygen atoms in total. The molecule has 2 aromatic rings. The normalized spacial score (nSPS) is 27.8. The summed E-state index contributed by atoms with van der Waals surface area (Å²) in [7, 11) is 0. The summed E-state index contributed by atoms with van der Waals surface area (Å²) >= 11 is 0. The molecule has 1 fully saturated rings. The third-order valence-corrected chi connectivity index (χ3v) is 3.55. The highest BCUT2D eigenvalue weighted by Gasteiger charge is 2.34. The highest BCUT2D eigenvalue weighted by Crippen LogP contribution is 2.34. The van der Waals surface area contributed by atoms with Crippen LogP contribution in [0.15, 0.2) is 42.5 Å². The summed E-state index contributed by atoms with van der Waals surface area (Å²) in [5, 5.41) is 21.2. The van der Waals surface area contributed by atoms with E-state index in [2.05, 4.69) is 24.3 Å². The summed E-state index contributed by atoms with van der Waals surface area (Å²) < 4.78 is 5.66. The Bertz CT molecular complexity index is 552. The molecule has 1 aliphatic rings. The average Bonchev–Trinajstić information content (AvgIpc) is 2.79. The van der Waals surface area contributed by atoms with Crippen LogP contribution >= 0.6 is 0 Å². The van der Waals surface area contributed by atoms with E-state index in [-0.39, 0.29) is 12.7 Å². The van der Waals surface area contributed by atoms with E-state index in [4.69, 9.17) is 9.84 Å². The molecule has 1 aliphatic heterocycles. The van der Waals surface area contributed by atoms with Crippen LogP contribution in [-0.4, -0.2) is 29.0 Å². The van der Waals surface area contributed by atoms with Crippen molar-refractivity contribution in [2.75, 3.05) is 6.61 Å². The molecule has 0 aromatic heterocycles. The summed E-state index contributed by atoms with van der Waals surface area (Å²) in [6.07, 6.45) is -0.612. The van der Waals surface area contributed by atoms with Crippen molar-refractivity contribution in [2.24, 2.45) is 0 Å². The van der Waals surface area contributed by atoms with Gasteiger partial charge in [0.05, 0.1) is 18.8 Å². The third kappa shape index (κ3) is 2.01.